The molecule has 0 aliphatic carbocycles. The molecule has 0 bridgehead atoms. The van der Waals surface area contributed by atoms with Crippen LogP contribution in [0.3, 0.4) is 0 Å². The molecule has 0 saturated carbocycles. The van der Waals surface area contributed by atoms with Crippen molar-refractivity contribution >= 4 is 9.84 Å². The second kappa shape index (κ2) is 7.08. The normalized spacial score (nSPS) is 24.1. The van der Waals surface area contributed by atoms with Crippen LogP contribution < -0.4 is 0 Å². The predicted octanol–water partition coefficient (Wildman–Crippen LogP) is 1.58. The van der Waals surface area contributed by atoms with Gasteiger partial charge < -0.3 is 4.90 Å². The van der Waals surface area contributed by atoms with Crippen LogP contribution in [0.15, 0.2) is 24.5 Å². The minimum absolute atomic E-state index is 0.123. The third-order valence-electron chi connectivity index (χ3n) is 5.48. The molecule has 26 heavy (non-hydrogen) atoms. The topological polar surface area (TPSA) is 81.0 Å². The van der Waals surface area contributed by atoms with E-state index in [-0.39, 0.29) is 17.5 Å². The molecular formula is C18H25N5O2S. The van der Waals surface area contributed by atoms with Crippen molar-refractivity contribution in [2.45, 2.75) is 31.7 Å². The number of piperidine rings is 1. The molecule has 0 N–H and O–H groups in total. The average molecular weight is 375 g/mol. The molecule has 2 fully saturated rings. The lowest BCUT2D eigenvalue weighted by atomic mass is 9.94. The summed E-state index contributed by atoms with van der Waals surface area (Å²) in [6.07, 6.45) is 7.25. The smallest absolute Gasteiger partial charge is 0.158 e. The molecule has 2 aromatic heterocycles. The fourth-order valence-corrected chi connectivity index (χ4v) is 5.59. The minimum Gasteiger partial charge on any atom is -0.306 e. The van der Waals surface area contributed by atoms with Gasteiger partial charge in [0.15, 0.2) is 21.5 Å². The lowest BCUT2D eigenvalue weighted by Gasteiger charge is -2.28. The molecule has 0 aromatic carbocycles. The molecule has 2 saturated heterocycles. The van der Waals surface area contributed by atoms with Crippen molar-refractivity contribution in [2.24, 2.45) is 5.92 Å². The van der Waals surface area contributed by atoms with Gasteiger partial charge in [-0.25, -0.2) is 18.1 Å². The summed E-state index contributed by atoms with van der Waals surface area (Å²) in [5.74, 6) is 2.58. The minimum atomic E-state index is -2.97. The number of sulfone groups is 1. The van der Waals surface area contributed by atoms with Crippen LogP contribution in [0.25, 0.3) is 11.4 Å². The van der Waals surface area contributed by atoms with Crippen LogP contribution in [0.1, 0.15) is 31.1 Å². The van der Waals surface area contributed by atoms with Gasteiger partial charge in [-0.2, -0.15) is 5.10 Å². The summed E-state index contributed by atoms with van der Waals surface area (Å²) in [6.45, 7) is 2.23. The van der Waals surface area contributed by atoms with E-state index < -0.39 is 9.84 Å². The molecule has 4 rings (SSSR count). The predicted molar refractivity (Wildman–Crippen MR) is 99.5 cm³/mol. The molecule has 0 radical (unpaired) electrons. The molecule has 1 atom stereocenters. The van der Waals surface area contributed by atoms with Crippen LogP contribution in [0, 0.1) is 5.92 Å². The van der Waals surface area contributed by atoms with Crippen LogP contribution >= 0.6 is 0 Å². The molecular weight excluding hydrogens is 350 g/mol. The highest BCUT2D eigenvalue weighted by Crippen LogP contribution is 2.29. The van der Waals surface area contributed by atoms with E-state index in [1.54, 1.807) is 12.4 Å². The Balaban J connectivity index is 1.62. The maximum Gasteiger partial charge on any atom is 0.158 e. The molecule has 1 unspecified atom stereocenters. The Kier molecular flexibility index (Phi) is 4.79. The summed E-state index contributed by atoms with van der Waals surface area (Å²) in [6, 6.07) is 3.69. The summed E-state index contributed by atoms with van der Waals surface area (Å²) in [7, 11) is -0.815. The first-order valence-electron chi connectivity index (χ1n) is 9.25. The van der Waals surface area contributed by atoms with E-state index in [4.69, 9.17) is 10.1 Å². The van der Waals surface area contributed by atoms with Gasteiger partial charge in [0.05, 0.1) is 17.5 Å². The number of aromatic nitrogens is 4. The highest BCUT2D eigenvalue weighted by atomic mass is 32.2. The zero-order valence-corrected chi connectivity index (χ0v) is 15.9. The largest absolute Gasteiger partial charge is 0.306 e. The van der Waals surface area contributed by atoms with E-state index in [1.165, 1.54) is 0 Å². The van der Waals surface area contributed by atoms with Crippen molar-refractivity contribution in [1.82, 2.24) is 24.6 Å². The van der Waals surface area contributed by atoms with E-state index in [9.17, 15) is 8.42 Å². The van der Waals surface area contributed by atoms with Gasteiger partial charge in [-0.1, -0.05) is 0 Å². The number of nitrogens with zero attached hydrogens (tertiary/aromatic N) is 5. The standard InChI is InChI=1S/C18H25N5O2S/c1-22-9-4-14(5-10-22)12-17-20-18(15-2-7-19-8-3-15)23(21-17)16-6-11-26(24,25)13-16/h2-3,7-8,14,16H,4-6,9-13H2,1H3. The van der Waals surface area contributed by atoms with Crippen LogP contribution in [0.4, 0.5) is 0 Å². The van der Waals surface area contributed by atoms with Gasteiger partial charge in [-0.05, 0) is 57.5 Å². The number of hydrogen-bond donors (Lipinski definition) is 0. The van der Waals surface area contributed by atoms with E-state index in [2.05, 4.69) is 16.9 Å². The van der Waals surface area contributed by atoms with Gasteiger partial charge in [-0.3, -0.25) is 4.98 Å². The van der Waals surface area contributed by atoms with Crippen LogP contribution in [0.2, 0.25) is 0 Å². The van der Waals surface area contributed by atoms with Gasteiger partial charge in [0, 0.05) is 24.4 Å². The number of likely N-dealkylation sites (tertiary alicyclic amines) is 1. The Labute approximate surface area is 154 Å². The van der Waals surface area contributed by atoms with E-state index >= 15 is 0 Å². The highest BCUT2D eigenvalue weighted by Gasteiger charge is 2.32. The quantitative estimate of drug-likeness (QED) is 0.807. The lowest BCUT2D eigenvalue weighted by Crippen LogP contribution is -2.31. The fraction of sp³-hybridized carbons (Fsp3) is 0.611. The van der Waals surface area contributed by atoms with Crippen molar-refractivity contribution < 1.29 is 8.42 Å². The van der Waals surface area contributed by atoms with Gasteiger partial charge in [0.2, 0.25) is 0 Å². The number of pyridine rings is 1. The maximum absolute atomic E-state index is 11.9. The molecule has 2 aromatic rings. The Hall–Kier alpha value is -1.80. The molecule has 4 heterocycles. The fourth-order valence-electron chi connectivity index (χ4n) is 3.90. The summed E-state index contributed by atoms with van der Waals surface area (Å²) >= 11 is 0. The van der Waals surface area contributed by atoms with Gasteiger partial charge >= 0.3 is 0 Å². The van der Waals surface area contributed by atoms with E-state index in [0.29, 0.717) is 12.3 Å². The molecule has 8 heteroatoms. The first kappa shape index (κ1) is 17.6. The summed E-state index contributed by atoms with van der Waals surface area (Å²) < 4.78 is 25.7. The molecule has 7 nitrogen and oxygen atoms in total. The summed E-state index contributed by atoms with van der Waals surface area (Å²) in [5, 5.41) is 4.75. The monoisotopic (exact) mass is 375 g/mol. The van der Waals surface area contributed by atoms with Gasteiger partial charge in [-0.15, -0.1) is 0 Å². The van der Waals surface area contributed by atoms with Crippen molar-refractivity contribution in [3.05, 3.63) is 30.4 Å². The number of hydrogen-bond acceptors (Lipinski definition) is 6. The molecule has 0 spiro atoms. The lowest BCUT2D eigenvalue weighted by molar-refractivity contribution is 0.217. The zero-order chi connectivity index (χ0) is 18.1. The van der Waals surface area contributed by atoms with Gasteiger partial charge in [0.1, 0.15) is 0 Å². The van der Waals surface area contributed by atoms with Crippen LogP contribution in [-0.4, -0.2) is 64.7 Å². The summed E-state index contributed by atoms with van der Waals surface area (Å²) in [5.41, 5.74) is 0.937. The second-order valence-corrected chi connectivity index (χ2v) is 9.77. The third-order valence-corrected chi connectivity index (χ3v) is 7.23. The van der Waals surface area contributed by atoms with E-state index in [0.717, 1.165) is 49.6 Å². The van der Waals surface area contributed by atoms with Gasteiger partial charge in [0.25, 0.3) is 0 Å². The second-order valence-electron chi connectivity index (χ2n) is 7.54. The molecule has 2 aliphatic rings. The maximum atomic E-state index is 11.9. The van der Waals surface area contributed by atoms with Crippen LogP contribution in [-0.2, 0) is 16.3 Å². The molecule has 2 aliphatic heterocycles. The molecule has 0 amide bonds. The molecule has 140 valence electrons. The Morgan fingerprint density at radius 1 is 1.15 bits per heavy atom. The Bertz CT molecular complexity index is 857. The first-order chi connectivity index (χ1) is 12.5. The van der Waals surface area contributed by atoms with E-state index in [1.807, 2.05) is 16.8 Å². The number of rotatable bonds is 4. The summed E-state index contributed by atoms with van der Waals surface area (Å²) in [4.78, 5) is 11.2. The van der Waals surface area contributed by atoms with Crippen molar-refractivity contribution in [3.8, 4) is 11.4 Å². The SMILES string of the molecule is CN1CCC(Cc2nc(-c3ccncc3)n(C3CCS(=O)(=O)C3)n2)CC1. The Morgan fingerprint density at radius 3 is 2.54 bits per heavy atom. The van der Waals surface area contributed by atoms with Crippen molar-refractivity contribution in [3.63, 3.8) is 0 Å². The zero-order valence-electron chi connectivity index (χ0n) is 15.1. The van der Waals surface area contributed by atoms with Crippen molar-refractivity contribution in [2.75, 3.05) is 31.6 Å². The first-order valence-corrected chi connectivity index (χ1v) is 11.1. The Morgan fingerprint density at radius 2 is 1.88 bits per heavy atom. The third kappa shape index (κ3) is 3.81. The highest BCUT2D eigenvalue weighted by molar-refractivity contribution is 7.91. The van der Waals surface area contributed by atoms with Crippen molar-refractivity contribution in [1.29, 1.82) is 0 Å². The van der Waals surface area contributed by atoms with Crippen LogP contribution in [0.5, 0.6) is 0 Å². The average Bonchev–Trinajstić information content (AvgIpc) is 3.21.